The number of aromatic nitrogens is 1. The van der Waals surface area contributed by atoms with Gasteiger partial charge >= 0.3 is 0 Å². The van der Waals surface area contributed by atoms with E-state index in [0.717, 1.165) is 36.7 Å². The summed E-state index contributed by atoms with van der Waals surface area (Å²) in [5, 5.41) is 1.48. The second kappa shape index (κ2) is 9.43. The van der Waals surface area contributed by atoms with Crippen LogP contribution >= 0.6 is 0 Å². The molecule has 1 aliphatic heterocycles. The summed E-state index contributed by atoms with van der Waals surface area (Å²) in [5.41, 5.74) is 8.38. The van der Waals surface area contributed by atoms with Gasteiger partial charge in [-0.15, -0.1) is 0 Å². The average Bonchev–Trinajstić information content (AvgIpc) is 3.08. The molecule has 180 valence electrons. The third-order valence-corrected chi connectivity index (χ3v) is 7.71. The van der Waals surface area contributed by atoms with E-state index >= 15 is 0 Å². The first-order valence-electron chi connectivity index (χ1n) is 12.9. The van der Waals surface area contributed by atoms with Gasteiger partial charge in [0.1, 0.15) is 6.61 Å². The van der Waals surface area contributed by atoms with E-state index in [2.05, 4.69) is 64.9 Å². The molecule has 0 saturated carbocycles. The zero-order chi connectivity index (χ0) is 23.8. The first kappa shape index (κ1) is 22.2. The van der Waals surface area contributed by atoms with Gasteiger partial charge in [-0.25, -0.2) is 0 Å². The smallest absolute Gasteiger partial charge is 0.161 e. The summed E-state index contributed by atoms with van der Waals surface area (Å²) < 4.78 is 14.5. The van der Waals surface area contributed by atoms with E-state index in [1.807, 2.05) is 18.2 Å². The van der Waals surface area contributed by atoms with Gasteiger partial charge in [-0.05, 0) is 73.6 Å². The maximum absolute atomic E-state index is 6.21. The minimum absolute atomic E-state index is 0.477. The van der Waals surface area contributed by atoms with Crippen molar-refractivity contribution in [2.75, 3.05) is 13.7 Å². The fourth-order valence-electron chi connectivity index (χ4n) is 6.09. The summed E-state index contributed by atoms with van der Waals surface area (Å²) in [6.45, 7) is 5.90. The highest BCUT2D eigenvalue weighted by Crippen LogP contribution is 2.43. The molecular formula is C31H34N2O2. The van der Waals surface area contributed by atoms with Crippen LogP contribution in [0.5, 0.6) is 11.5 Å². The van der Waals surface area contributed by atoms with Crippen molar-refractivity contribution in [2.45, 2.75) is 58.3 Å². The highest BCUT2D eigenvalue weighted by Gasteiger charge is 2.33. The fourth-order valence-corrected chi connectivity index (χ4v) is 6.09. The van der Waals surface area contributed by atoms with Crippen LogP contribution in [0.4, 0.5) is 0 Å². The van der Waals surface area contributed by atoms with Crippen LogP contribution in [0.15, 0.2) is 66.7 Å². The monoisotopic (exact) mass is 466 g/mol. The first-order valence-corrected chi connectivity index (χ1v) is 12.9. The topological polar surface area (TPSA) is 26.6 Å². The van der Waals surface area contributed by atoms with E-state index in [1.165, 1.54) is 47.7 Å². The van der Waals surface area contributed by atoms with E-state index < -0.39 is 0 Å². The van der Waals surface area contributed by atoms with Crippen LogP contribution in [0.25, 0.3) is 10.9 Å². The molecule has 1 aliphatic carbocycles. The second-order valence-corrected chi connectivity index (χ2v) is 10.0. The molecule has 0 bridgehead atoms. The van der Waals surface area contributed by atoms with Crippen molar-refractivity contribution >= 4 is 10.9 Å². The molecule has 4 aromatic rings. The molecule has 0 amide bonds. The van der Waals surface area contributed by atoms with Gasteiger partial charge < -0.3 is 14.0 Å². The van der Waals surface area contributed by atoms with E-state index in [4.69, 9.17) is 9.47 Å². The van der Waals surface area contributed by atoms with Crippen molar-refractivity contribution in [1.82, 2.24) is 9.47 Å². The lowest BCUT2D eigenvalue weighted by atomic mass is 9.90. The molecule has 0 radical (unpaired) electrons. The zero-order valence-corrected chi connectivity index (χ0v) is 20.8. The molecule has 2 aliphatic rings. The average molecular weight is 467 g/mol. The molecule has 2 heterocycles. The fraction of sp³-hybridized carbons (Fsp3) is 0.355. The number of hydrogen-bond donors (Lipinski definition) is 0. The molecule has 0 N–H and O–H groups in total. The number of hydrogen-bond acceptors (Lipinski definition) is 3. The Bertz CT molecular complexity index is 1340. The number of aryl methyl sites for hydroxylation is 3. The second-order valence-electron chi connectivity index (χ2n) is 10.0. The third-order valence-electron chi connectivity index (χ3n) is 7.71. The molecule has 1 aromatic heterocycles. The van der Waals surface area contributed by atoms with Gasteiger partial charge in [-0.3, -0.25) is 4.90 Å². The quantitative estimate of drug-likeness (QED) is 0.312. The van der Waals surface area contributed by atoms with Crippen molar-refractivity contribution < 1.29 is 9.47 Å². The highest BCUT2D eigenvalue weighted by atomic mass is 16.5. The number of fused-ring (bicyclic) bond motifs is 3. The van der Waals surface area contributed by atoms with Crippen molar-refractivity contribution in [3.8, 4) is 11.5 Å². The lowest BCUT2D eigenvalue weighted by Crippen LogP contribution is -2.31. The number of methoxy groups -OCH3 is 1. The van der Waals surface area contributed by atoms with Crippen molar-refractivity contribution in [1.29, 1.82) is 0 Å². The van der Waals surface area contributed by atoms with Crippen LogP contribution in [0.2, 0.25) is 0 Å². The number of nitrogens with zero attached hydrogens (tertiary/aromatic N) is 2. The Balaban J connectivity index is 1.29. The molecule has 3 aromatic carbocycles. The Hall–Kier alpha value is -3.24. The van der Waals surface area contributed by atoms with E-state index in [1.54, 1.807) is 18.4 Å². The van der Waals surface area contributed by atoms with Crippen LogP contribution < -0.4 is 9.47 Å². The Morgan fingerprint density at radius 1 is 0.886 bits per heavy atom. The molecule has 0 unspecified atom stereocenters. The Kier molecular flexibility index (Phi) is 5.99. The van der Waals surface area contributed by atoms with Gasteiger partial charge in [-0.1, -0.05) is 48.0 Å². The number of benzene rings is 3. The van der Waals surface area contributed by atoms with E-state index in [9.17, 15) is 0 Å². The number of rotatable bonds is 6. The summed E-state index contributed by atoms with van der Waals surface area (Å²) in [6.07, 6.45) is 4.87. The summed E-state index contributed by atoms with van der Waals surface area (Å²) in [5.74, 6) is 1.61. The summed E-state index contributed by atoms with van der Waals surface area (Å²) in [6, 6.07) is 24.2. The SMILES string of the molecule is COc1ccc(CN2CCCn3c4c(c5cc(C)ccc53)CCC[C@@H]42)cc1OCc1ccccc1. The van der Waals surface area contributed by atoms with Crippen LogP contribution in [-0.4, -0.2) is 23.1 Å². The van der Waals surface area contributed by atoms with Crippen molar-refractivity contribution in [3.05, 3.63) is 94.7 Å². The molecule has 0 fully saturated rings. The Morgan fingerprint density at radius 3 is 2.63 bits per heavy atom. The van der Waals surface area contributed by atoms with Gasteiger partial charge in [0.25, 0.3) is 0 Å². The van der Waals surface area contributed by atoms with Gasteiger partial charge in [-0.2, -0.15) is 0 Å². The van der Waals surface area contributed by atoms with Gasteiger partial charge in [0.05, 0.1) is 13.2 Å². The Labute approximate surface area is 208 Å². The maximum Gasteiger partial charge on any atom is 0.161 e. The Morgan fingerprint density at radius 2 is 1.77 bits per heavy atom. The maximum atomic E-state index is 6.21. The molecule has 0 spiro atoms. The van der Waals surface area contributed by atoms with Gasteiger partial charge in [0.15, 0.2) is 11.5 Å². The number of ether oxygens (including phenoxy) is 2. The highest BCUT2D eigenvalue weighted by molar-refractivity contribution is 5.87. The van der Waals surface area contributed by atoms with Crippen LogP contribution in [0.1, 0.15) is 53.3 Å². The zero-order valence-electron chi connectivity index (χ0n) is 20.8. The van der Waals surface area contributed by atoms with E-state index in [-0.39, 0.29) is 0 Å². The van der Waals surface area contributed by atoms with E-state index in [0.29, 0.717) is 12.6 Å². The normalized spacial score (nSPS) is 17.7. The molecule has 4 nitrogen and oxygen atoms in total. The standard InChI is InChI=1S/C31H34N2O2/c1-22-12-14-27-26(18-22)25-10-6-11-28-31(25)33(27)17-7-16-32(28)20-24-13-15-29(34-2)30(19-24)35-21-23-8-4-3-5-9-23/h3-5,8-9,12-15,18-19,28H,6-7,10-11,16-17,20-21H2,1-2H3/t28-/m0/s1. The molecule has 1 atom stereocenters. The largest absolute Gasteiger partial charge is 0.493 e. The molecule has 35 heavy (non-hydrogen) atoms. The van der Waals surface area contributed by atoms with Crippen molar-refractivity contribution in [2.24, 2.45) is 0 Å². The molecule has 0 saturated heterocycles. The third kappa shape index (κ3) is 4.21. The molecule has 4 heteroatoms. The molecule has 6 rings (SSSR count). The summed E-state index contributed by atoms with van der Waals surface area (Å²) in [7, 11) is 1.71. The summed E-state index contributed by atoms with van der Waals surface area (Å²) >= 11 is 0. The van der Waals surface area contributed by atoms with Crippen LogP contribution in [-0.2, 0) is 26.1 Å². The van der Waals surface area contributed by atoms with Crippen LogP contribution in [0, 0.1) is 6.92 Å². The van der Waals surface area contributed by atoms with Gasteiger partial charge in [0, 0.05) is 36.2 Å². The molecular weight excluding hydrogens is 432 g/mol. The predicted molar refractivity (Wildman–Crippen MR) is 141 cm³/mol. The predicted octanol–water partition coefficient (Wildman–Crippen LogP) is 6.82. The first-order chi connectivity index (χ1) is 17.2. The lowest BCUT2D eigenvalue weighted by Gasteiger charge is -2.34. The van der Waals surface area contributed by atoms with Crippen LogP contribution in [0.3, 0.4) is 0 Å². The minimum Gasteiger partial charge on any atom is -0.493 e. The summed E-state index contributed by atoms with van der Waals surface area (Å²) in [4.78, 5) is 2.70. The lowest BCUT2D eigenvalue weighted by molar-refractivity contribution is 0.173. The van der Waals surface area contributed by atoms with Crippen molar-refractivity contribution in [3.63, 3.8) is 0 Å². The minimum atomic E-state index is 0.477. The van der Waals surface area contributed by atoms with Gasteiger partial charge in [0.2, 0.25) is 0 Å².